The number of hydrogen-bond acceptors (Lipinski definition) is 5. The van der Waals surface area contributed by atoms with Crippen molar-refractivity contribution in [3.05, 3.63) is 33.9 Å². The van der Waals surface area contributed by atoms with Crippen molar-refractivity contribution in [2.75, 3.05) is 18.5 Å². The Morgan fingerprint density at radius 3 is 2.76 bits per heavy atom. The summed E-state index contributed by atoms with van der Waals surface area (Å²) in [6.45, 7) is 2.85. The lowest BCUT2D eigenvalue weighted by Gasteiger charge is -2.26. The van der Waals surface area contributed by atoms with Gasteiger partial charge in [0.2, 0.25) is 0 Å². The average molecular weight is 293 g/mol. The number of nitro groups is 1. The van der Waals surface area contributed by atoms with Crippen molar-refractivity contribution in [2.45, 2.75) is 44.8 Å². The quantitative estimate of drug-likeness (QED) is 0.478. The zero-order chi connectivity index (χ0) is 15.2. The molecule has 0 amide bonds. The van der Waals surface area contributed by atoms with Crippen molar-refractivity contribution < 1.29 is 9.66 Å². The molecule has 0 unspecified atom stereocenters. The maximum atomic E-state index is 11.1. The van der Waals surface area contributed by atoms with E-state index < -0.39 is 0 Å². The van der Waals surface area contributed by atoms with E-state index in [-0.39, 0.29) is 16.7 Å². The number of aryl methyl sites for hydroxylation is 1. The summed E-state index contributed by atoms with van der Waals surface area (Å²) in [4.78, 5) is 10.7. The molecule has 1 aliphatic carbocycles. The molecule has 0 atom stereocenters. The van der Waals surface area contributed by atoms with Crippen LogP contribution in [0.25, 0.3) is 0 Å². The van der Waals surface area contributed by atoms with Gasteiger partial charge in [0.25, 0.3) is 5.69 Å². The number of nitrogens with zero attached hydrogens (tertiary/aromatic N) is 1. The molecule has 0 saturated heterocycles. The third kappa shape index (κ3) is 4.41. The van der Waals surface area contributed by atoms with E-state index in [1.807, 2.05) is 6.07 Å². The molecule has 0 aliphatic heterocycles. The van der Waals surface area contributed by atoms with E-state index in [4.69, 9.17) is 10.5 Å². The Kier molecular flexibility index (Phi) is 5.52. The lowest BCUT2D eigenvalue weighted by molar-refractivity contribution is -0.384. The summed E-state index contributed by atoms with van der Waals surface area (Å²) < 4.78 is 5.80. The van der Waals surface area contributed by atoms with Gasteiger partial charge in [0.1, 0.15) is 5.69 Å². The highest BCUT2D eigenvalue weighted by molar-refractivity contribution is 5.64. The van der Waals surface area contributed by atoms with E-state index in [0.29, 0.717) is 30.4 Å². The third-order valence-corrected chi connectivity index (χ3v) is 3.91. The Morgan fingerprint density at radius 2 is 2.10 bits per heavy atom. The van der Waals surface area contributed by atoms with Gasteiger partial charge in [0.05, 0.1) is 17.6 Å². The first kappa shape index (κ1) is 15.7. The van der Waals surface area contributed by atoms with Gasteiger partial charge in [-0.15, -0.1) is 0 Å². The summed E-state index contributed by atoms with van der Waals surface area (Å²) in [6, 6.07) is 5.60. The number of anilines is 1. The van der Waals surface area contributed by atoms with Crippen LogP contribution in [0.1, 0.15) is 31.2 Å². The van der Waals surface area contributed by atoms with Gasteiger partial charge in [-0.25, -0.2) is 0 Å². The van der Waals surface area contributed by atoms with Crippen LogP contribution in [0.15, 0.2) is 18.2 Å². The molecule has 1 aliphatic rings. The Morgan fingerprint density at radius 1 is 1.38 bits per heavy atom. The number of rotatable bonds is 6. The number of nitro benzene ring substituents is 1. The van der Waals surface area contributed by atoms with Crippen LogP contribution in [0.4, 0.5) is 11.4 Å². The monoisotopic (exact) mass is 293 g/mol. The van der Waals surface area contributed by atoms with Gasteiger partial charge < -0.3 is 15.8 Å². The van der Waals surface area contributed by atoms with Crippen LogP contribution in [0.5, 0.6) is 0 Å². The van der Waals surface area contributed by atoms with Crippen LogP contribution < -0.4 is 11.1 Å². The Hall–Kier alpha value is -1.66. The molecule has 1 aromatic carbocycles. The maximum absolute atomic E-state index is 11.1. The highest BCUT2D eigenvalue weighted by Crippen LogP contribution is 2.27. The first-order chi connectivity index (χ1) is 10.1. The summed E-state index contributed by atoms with van der Waals surface area (Å²) in [5.74, 6) is 0. The molecule has 1 saturated carbocycles. The Balaban J connectivity index is 1.79. The van der Waals surface area contributed by atoms with E-state index in [2.05, 4.69) is 5.32 Å². The SMILES string of the molecule is Cc1cccc(NCCOC2CCC(N)CC2)c1[N+](=O)[O-]. The smallest absolute Gasteiger partial charge is 0.295 e. The van der Waals surface area contributed by atoms with Crippen molar-refractivity contribution in [1.82, 2.24) is 0 Å². The van der Waals surface area contributed by atoms with Crippen LogP contribution >= 0.6 is 0 Å². The molecule has 2 rings (SSSR count). The summed E-state index contributed by atoms with van der Waals surface area (Å²) in [6.07, 6.45) is 4.32. The van der Waals surface area contributed by atoms with Crippen molar-refractivity contribution in [3.63, 3.8) is 0 Å². The molecule has 0 spiro atoms. The highest BCUT2D eigenvalue weighted by Gasteiger charge is 2.19. The minimum Gasteiger partial charge on any atom is -0.377 e. The van der Waals surface area contributed by atoms with Gasteiger partial charge in [-0.05, 0) is 38.7 Å². The molecule has 0 bridgehead atoms. The highest BCUT2D eigenvalue weighted by atomic mass is 16.6. The van der Waals surface area contributed by atoms with E-state index in [0.717, 1.165) is 25.7 Å². The zero-order valence-electron chi connectivity index (χ0n) is 12.4. The summed E-state index contributed by atoms with van der Waals surface area (Å²) in [5.41, 5.74) is 7.20. The molecule has 0 heterocycles. The first-order valence-electron chi connectivity index (χ1n) is 7.43. The predicted molar refractivity (Wildman–Crippen MR) is 82.5 cm³/mol. The molecular formula is C15H23N3O3. The van der Waals surface area contributed by atoms with Crippen LogP contribution in [-0.2, 0) is 4.74 Å². The minimum atomic E-state index is -0.346. The van der Waals surface area contributed by atoms with Crippen LogP contribution in [0.3, 0.4) is 0 Å². The molecule has 116 valence electrons. The molecule has 3 N–H and O–H groups in total. The van der Waals surface area contributed by atoms with Crippen molar-refractivity contribution in [1.29, 1.82) is 0 Å². The second-order valence-corrected chi connectivity index (χ2v) is 5.56. The number of nitrogens with two attached hydrogens (primary N) is 1. The molecule has 6 nitrogen and oxygen atoms in total. The number of ether oxygens (including phenoxy) is 1. The number of benzene rings is 1. The van der Waals surface area contributed by atoms with Gasteiger partial charge >= 0.3 is 0 Å². The minimum absolute atomic E-state index is 0.140. The molecule has 1 aromatic rings. The maximum Gasteiger partial charge on any atom is 0.295 e. The largest absolute Gasteiger partial charge is 0.377 e. The van der Waals surface area contributed by atoms with E-state index in [1.54, 1.807) is 19.1 Å². The first-order valence-corrected chi connectivity index (χ1v) is 7.43. The van der Waals surface area contributed by atoms with Gasteiger partial charge in [-0.1, -0.05) is 12.1 Å². The second-order valence-electron chi connectivity index (χ2n) is 5.56. The number of hydrogen-bond donors (Lipinski definition) is 2. The molecule has 0 aromatic heterocycles. The molecule has 6 heteroatoms. The average Bonchev–Trinajstić information content (AvgIpc) is 2.45. The van der Waals surface area contributed by atoms with Gasteiger partial charge in [-0.3, -0.25) is 10.1 Å². The zero-order valence-corrected chi connectivity index (χ0v) is 12.4. The van der Waals surface area contributed by atoms with Crippen LogP contribution in [-0.4, -0.2) is 30.2 Å². The van der Waals surface area contributed by atoms with Crippen LogP contribution in [0, 0.1) is 17.0 Å². The van der Waals surface area contributed by atoms with Crippen LogP contribution in [0.2, 0.25) is 0 Å². The standard InChI is InChI=1S/C15H23N3O3/c1-11-3-2-4-14(15(11)18(19)20)17-9-10-21-13-7-5-12(16)6-8-13/h2-4,12-13,17H,5-10,16H2,1H3. The topological polar surface area (TPSA) is 90.4 Å². The van der Waals surface area contributed by atoms with Crippen molar-refractivity contribution in [3.8, 4) is 0 Å². The van der Waals surface area contributed by atoms with Crippen molar-refractivity contribution in [2.24, 2.45) is 5.73 Å². The lowest BCUT2D eigenvalue weighted by Crippen LogP contribution is -2.31. The van der Waals surface area contributed by atoms with Gasteiger partial charge in [0, 0.05) is 18.2 Å². The molecule has 0 radical (unpaired) electrons. The fourth-order valence-electron chi connectivity index (χ4n) is 2.71. The van der Waals surface area contributed by atoms with Gasteiger partial charge in [0.15, 0.2) is 0 Å². The van der Waals surface area contributed by atoms with E-state index >= 15 is 0 Å². The van der Waals surface area contributed by atoms with Gasteiger partial charge in [-0.2, -0.15) is 0 Å². The van der Waals surface area contributed by atoms with E-state index in [9.17, 15) is 10.1 Å². The molecule has 21 heavy (non-hydrogen) atoms. The second kappa shape index (κ2) is 7.38. The summed E-state index contributed by atoms with van der Waals surface area (Å²) >= 11 is 0. The Labute approximate surface area is 124 Å². The Bertz CT molecular complexity index is 485. The van der Waals surface area contributed by atoms with E-state index in [1.165, 1.54) is 0 Å². The molecular weight excluding hydrogens is 270 g/mol. The predicted octanol–water partition coefficient (Wildman–Crippen LogP) is 2.60. The summed E-state index contributed by atoms with van der Waals surface area (Å²) in [5, 5.41) is 14.2. The number of nitrogens with one attached hydrogen (secondary N) is 1. The fraction of sp³-hybridized carbons (Fsp3) is 0.600. The fourth-order valence-corrected chi connectivity index (χ4v) is 2.71. The number of para-hydroxylation sites is 1. The normalized spacial score (nSPS) is 22.0. The van der Waals surface area contributed by atoms with Crippen molar-refractivity contribution >= 4 is 11.4 Å². The summed E-state index contributed by atoms with van der Waals surface area (Å²) in [7, 11) is 0. The lowest BCUT2D eigenvalue weighted by atomic mass is 9.94. The third-order valence-electron chi connectivity index (χ3n) is 3.91. The molecule has 1 fully saturated rings.